The fourth-order valence-corrected chi connectivity index (χ4v) is 3.31. The average Bonchev–Trinajstić information content (AvgIpc) is 3.00. The normalized spacial score (nSPS) is 12.1. The molecule has 2 rings (SSSR count). The molecule has 0 aliphatic heterocycles. The molecule has 0 saturated carbocycles. The predicted molar refractivity (Wildman–Crippen MR) is 87.3 cm³/mol. The largest absolute Gasteiger partial charge is 0.305 e. The lowest BCUT2D eigenvalue weighted by Gasteiger charge is -2.25. The highest BCUT2D eigenvalue weighted by Crippen LogP contribution is 2.22. The van der Waals surface area contributed by atoms with Crippen LogP contribution < -0.4 is 4.90 Å². The number of carbonyl (C=O) groups is 1. The van der Waals surface area contributed by atoms with Crippen LogP contribution in [0.1, 0.15) is 18.9 Å². The lowest BCUT2D eigenvalue weighted by Crippen LogP contribution is -2.37. The summed E-state index contributed by atoms with van der Waals surface area (Å²) in [4.78, 5) is 18.7. The summed E-state index contributed by atoms with van der Waals surface area (Å²) in [6, 6.07) is 5.86. The molecule has 0 spiro atoms. The number of rotatable bonds is 6. The highest BCUT2D eigenvalue weighted by atomic mass is 32.2. The molecule has 0 radical (unpaired) electrons. The molecule has 1 amide bonds. The summed E-state index contributed by atoms with van der Waals surface area (Å²) in [7, 11) is 0. The highest BCUT2D eigenvalue weighted by molar-refractivity contribution is 7.99. The Hall–Kier alpha value is -1.33. The van der Waals surface area contributed by atoms with Gasteiger partial charge >= 0.3 is 0 Å². The van der Waals surface area contributed by atoms with E-state index < -0.39 is 0 Å². The van der Waals surface area contributed by atoms with E-state index >= 15 is 0 Å². The van der Waals surface area contributed by atoms with Crippen molar-refractivity contribution < 1.29 is 4.79 Å². The minimum Gasteiger partial charge on any atom is -0.305 e. The molecule has 1 atom stereocenters. The second-order valence-electron chi connectivity index (χ2n) is 4.40. The Labute approximate surface area is 128 Å². The van der Waals surface area contributed by atoms with Crippen LogP contribution in [0, 0.1) is 0 Å². The number of amides is 1. The molecular weight excluding hydrogens is 288 g/mol. The molecule has 106 valence electrons. The van der Waals surface area contributed by atoms with E-state index in [2.05, 4.69) is 16.4 Å². The number of carbonyl (C=O) groups excluding carboxylic acids is 1. The minimum absolute atomic E-state index is 0.00570. The Morgan fingerprint density at radius 3 is 2.90 bits per heavy atom. The Balaban J connectivity index is 2.26. The van der Waals surface area contributed by atoms with Gasteiger partial charge in [0, 0.05) is 6.20 Å². The molecule has 0 bridgehead atoms. The zero-order valence-electron chi connectivity index (χ0n) is 11.7. The van der Waals surface area contributed by atoms with Crippen molar-refractivity contribution >= 4 is 34.7 Å². The van der Waals surface area contributed by atoms with Crippen LogP contribution in [0.15, 0.2) is 41.4 Å². The maximum Gasteiger partial charge on any atom is 0.240 e. The number of thiophene rings is 1. The van der Waals surface area contributed by atoms with Crippen molar-refractivity contribution in [3.63, 3.8) is 0 Å². The third-order valence-corrected chi connectivity index (χ3v) is 4.91. The van der Waals surface area contributed by atoms with Crippen molar-refractivity contribution in [3.8, 4) is 0 Å². The first kappa shape index (κ1) is 15.1. The molecule has 0 fully saturated rings. The fraction of sp³-hybridized carbons (Fsp3) is 0.333. The van der Waals surface area contributed by atoms with E-state index in [0.29, 0.717) is 6.54 Å². The number of hydrogen-bond acceptors (Lipinski definition) is 4. The highest BCUT2D eigenvalue weighted by Gasteiger charge is 2.23. The second kappa shape index (κ2) is 7.45. The van der Waals surface area contributed by atoms with E-state index in [-0.39, 0.29) is 11.2 Å². The number of anilines is 1. The molecule has 2 aromatic rings. The molecule has 2 heterocycles. The van der Waals surface area contributed by atoms with Crippen LogP contribution in [0.4, 0.5) is 5.69 Å². The Kier molecular flexibility index (Phi) is 5.61. The van der Waals surface area contributed by atoms with Crippen LogP contribution in [0.3, 0.4) is 0 Å². The zero-order valence-corrected chi connectivity index (χ0v) is 13.3. The van der Waals surface area contributed by atoms with Gasteiger partial charge in [0.05, 0.1) is 23.7 Å². The molecule has 0 saturated heterocycles. The summed E-state index contributed by atoms with van der Waals surface area (Å²) in [6.07, 6.45) is 6.29. The maximum absolute atomic E-state index is 12.7. The Bertz CT molecular complexity index is 524. The van der Waals surface area contributed by atoms with Gasteiger partial charge in [-0.1, -0.05) is 6.92 Å². The minimum atomic E-state index is -0.00570. The summed E-state index contributed by atoms with van der Waals surface area (Å²) in [6.45, 7) is 2.65. The number of nitrogens with zero attached hydrogens (tertiary/aromatic N) is 2. The first-order valence-electron chi connectivity index (χ1n) is 6.51. The molecule has 3 nitrogen and oxygen atoms in total. The van der Waals surface area contributed by atoms with Crippen molar-refractivity contribution in [2.24, 2.45) is 0 Å². The van der Waals surface area contributed by atoms with Gasteiger partial charge in [0.2, 0.25) is 5.91 Å². The maximum atomic E-state index is 12.7. The lowest BCUT2D eigenvalue weighted by molar-refractivity contribution is -0.118. The second-order valence-corrected chi connectivity index (χ2v) is 6.22. The Morgan fingerprint density at radius 1 is 1.50 bits per heavy atom. The molecule has 0 unspecified atom stereocenters. The first-order chi connectivity index (χ1) is 9.76. The lowest BCUT2D eigenvalue weighted by atomic mass is 10.2. The summed E-state index contributed by atoms with van der Waals surface area (Å²) < 4.78 is 0. The Morgan fingerprint density at radius 2 is 2.35 bits per heavy atom. The van der Waals surface area contributed by atoms with Crippen LogP contribution in [0.25, 0.3) is 0 Å². The monoisotopic (exact) mass is 306 g/mol. The molecule has 0 N–H and O–H groups in total. The van der Waals surface area contributed by atoms with Crippen molar-refractivity contribution in [1.82, 2.24) is 4.98 Å². The van der Waals surface area contributed by atoms with Crippen LogP contribution in [0.5, 0.6) is 0 Å². The molecule has 0 aliphatic rings. The summed E-state index contributed by atoms with van der Waals surface area (Å²) in [5, 5.41) is 4.11. The smallest absolute Gasteiger partial charge is 0.240 e. The number of thioether (sulfide) groups is 1. The quantitative estimate of drug-likeness (QED) is 0.813. The molecule has 5 heteroatoms. The van der Waals surface area contributed by atoms with Gasteiger partial charge in [0.1, 0.15) is 0 Å². The van der Waals surface area contributed by atoms with E-state index in [1.807, 2.05) is 35.6 Å². The summed E-state index contributed by atoms with van der Waals surface area (Å²) in [5.74, 6) is 0.152. The first-order valence-corrected chi connectivity index (χ1v) is 8.74. The third-order valence-electron chi connectivity index (χ3n) is 3.08. The summed E-state index contributed by atoms with van der Waals surface area (Å²) in [5.41, 5.74) is 2.01. The predicted octanol–water partition coefficient (Wildman–Crippen LogP) is 3.82. The zero-order chi connectivity index (χ0) is 14.4. The van der Waals surface area contributed by atoms with Gasteiger partial charge in [-0.05, 0) is 47.2 Å². The summed E-state index contributed by atoms with van der Waals surface area (Å²) >= 11 is 3.25. The van der Waals surface area contributed by atoms with E-state index in [0.717, 1.165) is 17.7 Å². The van der Waals surface area contributed by atoms with Crippen molar-refractivity contribution in [2.45, 2.75) is 25.1 Å². The van der Waals surface area contributed by atoms with Crippen LogP contribution in [-0.4, -0.2) is 22.4 Å². The van der Waals surface area contributed by atoms with Crippen LogP contribution in [-0.2, 0) is 11.3 Å². The van der Waals surface area contributed by atoms with E-state index in [9.17, 15) is 4.79 Å². The fourth-order valence-electron chi connectivity index (χ4n) is 1.99. The van der Waals surface area contributed by atoms with Crippen LogP contribution in [0.2, 0.25) is 0 Å². The molecule has 20 heavy (non-hydrogen) atoms. The number of hydrogen-bond donors (Lipinski definition) is 0. The topological polar surface area (TPSA) is 33.2 Å². The van der Waals surface area contributed by atoms with Crippen LogP contribution >= 0.6 is 23.1 Å². The van der Waals surface area contributed by atoms with Crippen molar-refractivity contribution in [2.75, 3.05) is 11.2 Å². The van der Waals surface area contributed by atoms with Crippen molar-refractivity contribution in [3.05, 3.63) is 46.9 Å². The van der Waals surface area contributed by atoms with E-state index in [1.54, 1.807) is 35.5 Å². The standard InChI is InChI=1S/C15H18N2OS2/c1-3-14(19-2)15(18)17(10-12-6-8-20-11-12)13-5-4-7-16-9-13/h4-9,11,14H,3,10H2,1-2H3/t14-/m0/s1. The van der Waals surface area contributed by atoms with E-state index in [4.69, 9.17) is 0 Å². The van der Waals surface area contributed by atoms with Gasteiger partial charge in [0.25, 0.3) is 0 Å². The number of aromatic nitrogens is 1. The van der Waals surface area contributed by atoms with Gasteiger partial charge < -0.3 is 4.90 Å². The SMILES string of the molecule is CC[C@H](SC)C(=O)N(Cc1ccsc1)c1cccnc1. The molecular formula is C15H18N2OS2. The van der Waals surface area contributed by atoms with Gasteiger partial charge in [0.15, 0.2) is 0 Å². The third kappa shape index (κ3) is 3.61. The van der Waals surface area contributed by atoms with Gasteiger partial charge in [-0.25, -0.2) is 0 Å². The van der Waals surface area contributed by atoms with Gasteiger partial charge in [-0.3, -0.25) is 9.78 Å². The number of pyridine rings is 1. The molecule has 0 aliphatic carbocycles. The van der Waals surface area contributed by atoms with Gasteiger partial charge in [-0.2, -0.15) is 23.1 Å². The molecule has 2 aromatic heterocycles. The van der Waals surface area contributed by atoms with Gasteiger partial charge in [-0.15, -0.1) is 0 Å². The van der Waals surface area contributed by atoms with Crippen molar-refractivity contribution in [1.29, 1.82) is 0 Å². The average molecular weight is 306 g/mol. The van der Waals surface area contributed by atoms with E-state index in [1.165, 1.54) is 0 Å². The molecule has 0 aromatic carbocycles.